The zero-order chi connectivity index (χ0) is 18.3. The number of likely N-dealkylation sites (tertiary alicyclic amines) is 1. The molecule has 2 amide bonds. The maximum absolute atomic E-state index is 13.1. The van der Waals surface area contributed by atoms with Crippen LogP contribution in [0.5, 0.6) is 0 Å². The van der Waals surface area contributed by atoms with Crippen molar-refractivity contribution in [1.82, 2.24) is 4.90 Å². The van der Waals surface area contributed by atoms with Crippen molar-refractivity contribution >= 4 is 17.5 Å². The molecule has 1 saturated heterocycles. The molecule has 2 heterocycles. The molecule has 3 aliphatic rings. The zero-order valence-corrected chi connectivity index (χ0v) is 15.1. The molecular weight excluding hydrogens is 332 g/mol. The van der Waals surface area contributed by atoms with E-state index in [9.17, 15) is 14.7 Å². The number of hydrogen-bond acceptors (Lipinski definition) is 4. The highest BCUT2D eigenvalue weighted by Crippen LogP contribution is 2.49. The highest BCUT2D eigenvalue weighted by Gasteiger charge is 2.56. The predicted molar refractivity (Wildman–Crippen MR) is 96.9 cm³/mol. The second-order valence-corrected chi connectivity index (χ2v) is 7.57. The molecule has 0 bridgehead atoms. The number of para-hydroxylation sites is 1. The summed E-state index contributed by atoms with van der Waals surface area (Å²) < 4.78 is 5.04. The van der Waals surface area contributed by atoms with Crippen LogP contribution in [0.3, 0.4) is 0 Å². The molecule has 6 nitrogen and oxygen atoms in total. The predicted octanol–water partition coefficient (Wildman–Crippen LogP) is 1.53. The standard InChI is InChI=1S/C20H26N2O4/c1-26-12-18(24)21-10-16-19(14-8-4-5-9-15(14)21)17(11-23)22(16)20(25)13-6-2-3-7-13/h4-5,8-9,13,16-17,19,23H,2-3,6-7,10-12H2,1H3/t16-,17-,19+/m1/s1. The summed E-state index contributed by atoms with van der Waals surface area (Å²) in [6.45, 7) is 0.449. The van der Waals surface area contributed by atoms with Gasteiger partial charge in [-0.15, -0.1) is 0 Å². The average molecular weight is 358 g/mol. The van der Waals surface area contributed by atoms with Crippen molar-refractivity contribution in [3.63, 3.8) is 0 Å². The van der Waals surface area contributed by atoms with Crippen molar-refractivity contribution in [1.29, 1.82) is 0 Å². The number of amides is 2. The first-order valence-electron chi connectivity index (χ1n) is 9.48. The molecule has 26 heavy (non-hydrogen) atoms. The molecule has 2 fully saturated rings. The van der Waals surface area contributed by atoms with Gasteiger partial charge in [0, 0.05) is 31.2 Å². The number of methoxy groups -OCH3 is 1. The zero-order valence-electron chi connectivity index (χ0n) is 15.1. The highest BCUT2D eigenvalue weighted by molar-refractivity contribution is 5.96. The van der Waals surface area contributed by atoms with Crippen molar-refractivity contribution in [2.45, 2.75) is 43.7 Å². The molecule has 6 heteroatoms. The third-order valence-electron chi connectivity index (χ3n) is 6.21. The second kappa shape index (κ2) is 7.00. The van der Waals surface area contributed by atoms with E-state index < -0.39 is 0 Å². The normalized spacial score (nSPS) is 27.7. The molecular formula is C20H26N2O4. The summed E-state index contributed by atoms with van der Waals surface area (Å²) in [5, 5.41) is 9.98. The summed E-state index contributed by atoms with van der Waals surface area (Å²) in [6, 6.07) is 7.58. The van der Waals surface area contributed by atoms with Crippen molar-refractivity contribution in [3.05, 3.63) is 29.8 Å². The largest absolute Gasteiger partial charge is 0.394 e. The number of carbonyl (C=O) groups is 2. The molecule has 1 aromatic rings. The number of hydrogen-bond donors (Lipinski definition) is 1. The monoisotopic (exact) mass is 358 g/mol. The average Bonchev–Trinajstić information content (AvgIpc) is 3.17. The Morgan fingerprint density at radius 1 is 1.23 bits per heavy atom. The second-order valence-electron chi connectivity index (χ2n) is 7.57. The van der Waals surface area contributed by atoms with E-state index in [0.717, 1.165) is 36.9 Å². The number of carbonyl (C=O) groups excluding carboxylic acids is 2. The van der Waals surface area contributed by atoms with Crippen LogP contribution >= 0.6 is 0 Å². The Morgan fingerprint density at radius 2 is 1.96 bits per heavy atom. The van der Waals surface area contributed by atoms with Gasteiger partial charge in [-0.25, -0.2) is 0 Å². The Bertz CT molecular complexity index is 701. The van der Waals surface area contributed by atoms with E-state index in [1.807, 2.05) is 29.2 Å². The number of rotatable bonds is 4. The van der Waals surface area contributed by atoms with Crippen molar-refractivity contribution < 1.29 is 19.4 Å². The van der Waals surface area contributed by atoms with Crippen molar-refractivity contribution in [2.75, 3.05) is 31.8 Å². The van der Waals surface area contributed by atoms with E-state index in [0.29, 0.717) is 6.54 Å². The van der Waals surface area contributed by atoms with Gasteiger partial charge in [0.2, 0.25) is 5.91 Å². The Morgan fingerprint density at radius 3 is 2.65 bits per heavy atom. The summed E-state index contributed by atoms with van der Waals surface area (Å²) in [5.41, 5.74) is 1.92. The number of aliphatic hydroxyl groups excluding tert-OH is 1. The minimum atomic E-state index is -0.186. The van der Waals surface area contributed by atoms with E-state index >= 15 is 0 Å². The SMILES string of the molecule is COCC(=O)N1C[C@@H]2[C@H](c3ccccc31)[C@@H](CO)N2C(=O)C1CCCC1. The Hall–Kier alpha value is -1.92. The van der Waals surface area contributed by atoms with E-state index in [4.69, 9.17) is 4.74 Å². The fourth-order valence-electron chi connectivity index (χ4n) is 5.01. The summed E-state index contributed by atoms with van der Waals surface area (Å²) in [4.78, 5) is 29.2. The van der Waals surface area contributed by atoms with Gasteiger partial charge in [-0.05, 0) is 24.5 Å². The Labute approximate surface area is 153 Å². The lowest BCUT2D eigenvalue weighted by molar-refractivity contribution is -0.155. The van der Waals surface area contributed by atoms with E-state index in [-0.39, 0.29) is 48.9 Å². The van der Waals surface area contributed by atoms with Crippen LogP contribution in [0.2, 0.25) is 0 Å². The quantitative estimate of drug-likeness (QED) is 0.886. The summed E-state index contributed by atoms with van der Waals surface area (Å²) >= 11 is 0. The minimum Gasteiger partial charge on any atom is -0.394 e. The van der Waals surface area contributed by atoms with E-state index in [2.05, 4.69) is 0 Å². The molecule has 1 N–H and O–H groups in total. The molecule has 3 atom stereocenters. The molecule has 0 aromatic heterocycles. The lowest BCUT2D eigenvalue weighted by atomic mass is 9.71. The lowest BCUT2D eigenvalue weighted by Gasteiger charge is -2.59. The van der Waals surface area contributed by atoms with Gasteiger partial charge in [0.05, 0.1) is 18.7 Å². The van der Waals surface area contributed by atoms with Gasteiger partial charge in [0.15, 0.2) is 0 Å². The smallest absolute Gasteiger partial charge is 0.253 e. The van der Waals surface area contributed by atoms with Gasteiger partial charge in [-0.1, -0.05) is 31.0 Å². The van der Waals surface area contributed by atoms with Crippen LogP contribution in [0.15, 0.2) is 24.3 Å². The number of anilines is 1. The van der Waals surface area contributed by atoms with Gasteiger partial charge >= 0.3 is 0 Å². The third-order valence-corrected chi connectivity index (χ3v) is 6.21. The number of nitrogens with zero attached hydrogens (tertiary/aromatic N) is 2. The lowest BCUT2D eigenvalue weighted by Crippen LogP contribution is -2.71. The Kier molecular flexibility index (Phi) is 4.71. The van der Waals surface area contributed by atoms with Gasteiger partial charge < -0.3 is 19.6 Å². The first-order valence-corrected chi connectivity index (χ1v) is 9.48. The molecule has 0 unspecified atom stereocenters. The van der Waals surface area contributed by atoms with Crippen LogP contribution in [-0.2, 0) is 14.3 Å². The topological polar surface area (TPSA) is 70.1 Å². The highest BCUT2D eigenvalue weighted by atomic mass is 16.5. The summed E-state index contributed by atoms with van der Waals surface area (Å²) in [6.07, 6.45) is 4.08. The molecule has 2 aliphatic heterocycles. The first-order chi connectivity index (χ1) is 12.7. The van der Waals surface area contributed by atoms with Gasteiger partial charge in [0.25, 0.3) is 5.91 Å². The van der Waals surface area contributed by atoms with Crippen LogP contribution in [0.1, 0.15) is 37.2 Å². The molecule has 140 valence electrons. The molecule has 1 aliphatic carbocycles. The molecule has 1 saturated carbocycles. The molecule has 0 radical (unpaired) electrons. The number of benzene rings is 1. The van der Waals surface area contributed by atoms with Crippen LogP contribution in [0.4, 0.5) is 5.69 Å². The van der Waals surface area contributed by atoms with Gasteiger partial charge in [0.1, 0.15) is 6.61 Å². The number of fused-ring (bicyclic) bond motifs is 3. The molecule has 4 rings (SSSR count). The summed E-state index contributed by atoms with van der Waals surface area (Å²) in [5.74, 6) is 0.221. The number of aliphatic hydroxyl groups is 1. The number of ether oxygens (including phenoxy) is 1. The fourth-order valence-corrected chi connectivity index (χ4v) is 5.01. The van der Waals surface area contributed by atoms with Crippen LogP contribution in [-0.4, -0.2) is 60.8 Å². The third kappa shape index (κ3) is 2.63. The van der Waals surface area contributed by atoms with Gasteiger partial charge in [-0.3, -0.25) is 9.59 Å². The van der Waals surface area contributed by atoms with Gasteiger partial charge in [-0.2, -0.15) is 0 Å². The summed E-state index contributed by atoms with van der Waals surface area (Å²) in [7, 11) is 1.51. The Balaban J connectivity index is 1.66. The minimum absolute atomic E-state index is 0.0196. The first kappa shape index (κ1) is 17.5. The molecule has 0 spiro atoms. The van der Waals surface area contributed by atoms with Crippen LogP contribution in [0.25, 0.3) is 0 Å². The van der Waals surface area contributed by atoms with E-state index in [1.54, 1.807) is 4.90 Å². The van der Waals surface area contributed by atoms with Crippen molar-refractivity contribution in [3.8, 4) is 0 Å². The maximum atomic E-state index is 13.1. The fraction of sp³-hybridized carbons (Fsp3) is 0.600. The molecule has 1 aromatic carbocycles. The maximum Gasteiger partial charge on any atom is 0.253 e. The van der Waals surface area contributed by atoms with E-state index in [1.165, 1.54) is 7.11 Å². The van der Waals surface area contributed by atoms with Crippen molar-refractivity contribution in [2.24, 2.45) is 5.92 Å². The van der Waals surface area contributed by atoms with Crippen LogP contribution in [0, 0.1) is 5.92 Å². The van der Waals surface area contributed by atoms with Crippen LogP contribution < -0.4 is 4.90 Å².